The molecule has 0 atom stereocenters. The summed E-state index contributed by atoms with van der Waals surface area (Å²) in [7, 11) is 0. The maximum absolute atomic E-state index is 14.9. The van der Waals surface area contributed by atoms with E-state index in [1.165, 1.54) is 24.3 Å². The standard InChI is InChI=1S/C27H23F3O4/c1-6-16-7-9-17(10-8-16)25(31)34-24-21(28)15(2)20(22(29)23(24)30)26(32)33-19-13-11-18(12-14-19)27(3,4)5/h6-14H,1H2,2-5H3. The average Bonchev–Trinajstić information content (AvgIpc) is 2.80. The third-order valence-electron chi connectivity index (χ3n) is 5.23. The van der Waals surface area contributed by atoms with Gasteiger partial charge in [-0.1, -0.05) is 57.7 Å². The molecule has 3 aromatic carbocycles. The summed E-state index contributed by atoms with van der Waals surface area (Å²) in [6.07, 6.45) is 1.55. The zero-order chi connectivity index (χ0) is 25.2. The Morgan fingerprint density at radius 2 is 1.41 bits per heavy atom. The minimum atomic E-state index is -1.81. The minimum absolute atomic E-state index is 0.00958. The van der Waals surface area contributed by atoms with Crippen molar-refractivity contribution in [1.29, 1.82) is 0 Å². The molecular formula is C27H23F3O4. The molecular weight excluding hydrogens is 445 g/mol. The molecule has 0 aliphatic heterocycles. The highest BCUT2D eigenvalue weighted by molar-refractivity contribution is 5.94. The molecule has 7 heteroatoms. The number of carbonyl (C=O) groups is 2. The van der Waals surface area contributed by atoms with Crippen LogP contribution in [0.3, 0.4) is 0 Å². The first-order valence-corrected chi connectivity index (χ1v) is 10.4. The number of hydrogen-bond acceptors (Lipinski definition) is 4. The van der Waals surface area contributed by atoms with Gasteiger partial charge in [0, 0.05) is 5.56 Å². The maximum Gasteiger partial charge on any atom is 0.347 e. The van der Waals surface area contributed by atoms with Crippen molar-refractivity contribution in [2.75, 3.05) is 0 Å². The molecule has 3 aromatic rings. The zero-order valence-electron chi connectivity index (χ0n) is 19.2. The summed E-state index contributed by atoms with van der Waals surface area (Å²) in [6.45, 7) is 10.7. The third kappa shape index (κ3) is 5.03. The fraction of sp³-hybridized carbons (Fsp3) is 0.185. The summed E-state index contributed by atoms with van der Waals surface area (Å²) in [5, 5.41) is 0. The first-order valence-electron chi connectivity index (χ1n) is 10.4. The van der Waals surface area contributed by atoms with Crippen molar-refractivity contribution in [3.8, 4) is 11.5 Å². The number of carbonyl (C=O) groups excluding carboxylic acids is 2. The van der Waals surface area contributed by atoms with Gasteiger partial charge in [-0.3, -0.25) is 0 Å². The Balaban J connectivity index is 1.88. The number of halogens is 3. The molecule has 0 fully saturated rings. The van der Waals surface area contributed by atoms with Gasteiger partial charge in [-0.2, -0.15) is 4.39 Å². The zero-order valence-corrected chi connectivity index (χ0v) is 19.2. The van der Waals surface area contributed by atoms with E-state index < -0.39 is 46.3 Å². The molecule has 4 nitrogen and oxygen atoms in total. The SMILES string of the molecule is C=Cc1ccc(C(=O)Oc2c(F)c(C)c(C(=O)Oc3ccc(C(C)(C)C)cc3)c(F)c2F)cc1. The van der Waals surface area contributed by atoms with E-state index in [2.05, 4.69) is 6.58 Å². The van der Waals surface area contributed by atoms with Gasteiger partial charge < -0.3 is 9.47 Å². The van der Waals surface area contributed by atoms with Crippen molar-refractivity contribution in [3.05, 3.63) is 100 Å². The second-order valence-corrected chi connectivity index (χ2v) is 8.65. The van der Waals surface area contributed by atoms with E-state index in [9.17, 15) is 22.8 Å². The van der Waals surface area contributed by atoms with Crippen LogP contribution in [0.1, 0.15) is 58.2 Å². The van der Waals surface area contributed by atoms with Crippen LogP contribution in [0, 0.1) is 24.4 Å². The van der Waals surface area contributed by atoms with Crippen LogP contribution in [-0.4, -0.2) is 11.9 Å². The summed E-state index contributed by atoms with van der Waals surface area (Å²) >= 11 is 0. The Kier molecular flexibility index (Phi) is 6.96. The van der Waals surface area contributed by atoms with Gasteiger partial charge in [0.2, 0.25) is 11.6 Å². The molecule has 0 aromatic heterocycles. The highest BCUT2D eigenvalue weighted by atomic mass is 19.2. The highest BCUT2D eigenvalue weighted by Gasteiger charge is 2.30. The van der Waals surface area contributed by atoms with Gasteiger partial charge in [-0.25, -0.2) is 18.4 Å². The molecule has 0 bridgehead atoms. The molecule has 0 saturated heterocycles. The van der Waals surface area contributed by atoms with E-state index in [-0.39, 0.29) is 16.7 Å². The van der Waals surface area contributed by atoms with Gasteiger partial charge in [0.15, 0.2) is 11.6 Å². The van der Waals surface area contributed by atoms with Gasteiger partial charge >= 0.3 is 11.9 Å². The first kappa shape index (κ1) is 24.8. The fourth-order valence-corrected chi connectivity index (χ4v) is 3.17. The maximum atomic E-state index is 14.9. The van der Waals surface area contributed by atoms with E-state index >= 15 is 0 Å². The van der Waals surface area contributed by atoms with Gasteiger partial charge in [0.05, 0.1) is 5.56 Å². The smallest absolute Gasteiger partial charge is 0.347 e. The summed E-state index contributed by atoms with van der Waals surface area (Å²) < 4.78 is 54.2. The number of rotatable bonds is 5. The minimum Gasteiger partial charge on any atom is -0.423 e. The Hall–Kier alpha value is -3.87. The number of hydrogen-bond donors (Lipinski definition) is 0. The van der Waals surface area contributed by atoms with Gasteiger partial charge in [-0.15, -0.1) is 0 Å². The van der Waals surface area contributed by atoms with E-state index in [1.54, 1.807) is 30.3 Å². The van der Waals surface area contributed by atoms with E-state index in [4.69, 9.17) is 9.47 Å². The van der Waals surface area contributed by atoms with Crippen molar-refractivity contribution in [2.24, 2.45) is 0 Å². The lowest BCUT2D eigenvalue weighted by atomic mass is 9.87. The molecule has 0 unspecified atom stereocenters. The normalized spacial score (nSPS) is 11.1. The molecule has 176 valence electrons. The van der Waals surface area contributed by atoms with Crippen LogP contribution in [0.25, 0.3) is 6.08 Å². The van der Waals surface area contributed by atoms with E-state index in [0.717, 1.165) is 12.5 Å². The van der Waals surface area contributed by atoms with Gasteiger partial charge in [0.1, 0.15) is 11.3 Å². The quantitative estimate of drug-likeness (QED) is 0.235. The number of esters is 2. The van der Waals surface area contributed by atoms with Gasteiger partial charge in [0.25, 0.3) is 0 Å². The molecule has 0 saturated carbocycles. The average molecular weight is 468 g/mol. The Labute approximate surface area is 195 Å². The molecule has 0 heterocycles. The van der Waals surface area contributed by atoms with Crippen LogP contribution in [0.5, 0.6) is 11.5 Å². The number of benzene rings is 3. The van der Waals surface area contributed by atoms with Crippen molar-refractivity contribution in [1.82, 2.24) is 0 Å². The van der Waals surface area contributed by atoms with Crippen LogP contribution in [0.4, 0.5) is 13.2 Å². The topological polar surface area (TPSA) is 52.6 Å². The van der Waals surface area contributed by atoms with Crippen LogP contribution >= 0.6 is 0 Å². The molecule has 0 radical (unpaired) electrons. The fourth-order valence-electron chi connectivity index (χ4n) is 3.17. The van der Waals surface area contributed by atoms with Crippen molar-refractivity contribution < 1.29 is 32.2 Å². The first-order chi connectivity index (χ1) is 15.9. The molecule has 0 N–H and O–H groups in total. The monoisotopic (exact) mass is 468 g/mol. The molecule has 0 aliphatic rings. The van der Waals surface area contributed by atoms with E-state index in [1.807, 2.05) is 20.8 Å². The van der Waals surface area contributed by atoms with Crippen molar-refractivity contribution in [3.63, 3.8) is 0 Å². The molecule has 0 spiro atoms. The largest absolute Gasteiger partial charge is 0.423 e. The summed E-state index contributed by atoms with van der Waals surface area (Å²) in [4.78, 5) is 24.8. The highest BCUT2D eigenvalue weighted by Crippen LogP contribution is 2.32. The molecule has 34 heavy (non-hydrogen) atoms. The van der Waals surface area contributed by atoms with Crippen molar-refractivity contribution in [2.45, 2.75) is 33.1 Å². The lowest BCUT2D eigenvalue weighted by Crippen LogP contribution is -2.18. The molecule has 0 aliphatic carbocycles. The lowest BCUT2D eigenvalue weighted by molar-refractivity contribution is 0.0717. The van der Waals surface area contributed by atoms with Crippen LogP contribution < -0.4 is 9.47 Å². The predicted octanol–water partition coefficient (Wildman–Crippen LogP) is 6.79. The lowest BCUT2D eigenvalue weighted by Gasteiger charge is -2.19. The van der Waals surface area contributed by atoms with Crippen molar-refractivity contribution >= 4 is 18.0 Å². The predicted molar refractivity (Wildman–Crippen MR) is 123 cm³/mol. The summed E-state index contributed by atoms with van der Waals surface area (Å²) in [6, 6.07) is 12.3. The summed E-state index contributed by atoms with van der Waals surface area (Å²) in [5.41, 5.74) is 0.0526. The van der Waals surface area contributed by atoms with Gasteiger partial charge in [-0.05, 0) is 47.7 Å². The Morgan fingerprint density at radius 3 is 1.94 bits per heavy atom. The second kappa shape index (κ2) is 9.55. The molecule has 3 rings (SSSR count). The molecule has 0 amide bonds. The van der Waals surface area contributed by atoms with Crippen LogP contribution in [0.2, 0.25) is 0 Å². The van der Waals surface area contributed by atoms with Crippen LogP contribution in [0.15, 0.2) is 55.1 Å². The Morgan fingerprint density at radius 1 is 0.824 bits per heavy atom. The third-order valence-corrected chi connectivity index (χ3v) is 5.23. The number of ether oxygens (including phenoxy) is 2. The van der Waals surface area contributed by atoms with Crippen LogP contribution in [-0.2, 0) is 5.41 Å². The summed E-state index contributed by atoms with van der Waals surface area (Å²) in [5.74, 6) is -8.41. The van der Waals surface area contributed by atoms with E-state index in [0.29, 0.717) is 5.56 Å². The second-order valence-electron chi connectivity index (χ2n) is 8.65. The Bertz CT molecular complexity index is 1230.